The van der Waals surface area contributed by atoms with Crippen molar-refractivity contribution in [3.05, 3.63) is 40.7 Å². The third-order valence-corrected chi connectivity index (χ3v) is 3.18. The second kappa shape index (κ2) is 4.81. The number of hydrogen-bond donors (Lipinski definition) is 2. The van der Waals surface area contributed by atoms with Crippen molar-refractivity contribution in [1.29, 1.82) is 5.41 Å². The average Bonchev–Trinajstić information content (AvgIpc) is 2.63. The standard InChI is InChI=1S/C11H10ClN3OS/c1-6-5-16-11(15-6)17-9-4-7(12)2-3-8(9)10(13)14/h2-5H,1H3,(H3,13,14). The lowest BCUT2D eigenvalue weighted by Crippen LogP contribution is -2.12. The predicted molar refractivity (Wildman–Crippen MR) is 67.8 cm³/mol. The second-order valence-corrected chi connectivity index (χ2v) is 4.84. The van der Waals surface area contributed by atoms with Gasteiger partial charge in [-0.1, -0.05) is 11.6 Å². The average molecular weight is 268 g/mol. The smallest absolute Gasteiger partial charge is 0.260 e. The summed E-state index contributed by atoms with van der Waals surface area (Å²) in [5.74, 6) is -0.00700. The molecule has 6 heteroatoms. The molecule has 0 spiro atoms. The molecule has 0 saturated heterocycles. The van der Waals surface area contributed by atoms with E-state index in [9.17, 15) is 0 Å². The van der Waals surface area contributed by atoms with Gasteiger partial charge in [-0.2, -0.15) is 0 Å². The van der Waals surface area contributed by atoms with Crippen LogP contribution in [0.15, 0.2) is 39.0 Å². The molecule has 1 aromatic carbocycles. The molecule has 0 aliphatic rings. The van der Waals surface area contributed by atoms with Crippen LogP contribution in [0.2, 0.25) is 5.02 Å². The van der Waals surface area contributed by atoms with Crippen molar-refractivity contribution in [1.82, 2.24) is 4.98 Å². The van der Waals surface area contributed by atoms with Crippen LogP contribution in [0, 0.1) is 12.3 Å². The number of nitrogens with two attached hydrogens (primary N) is 1. The van der Waals surface area contributed by atoms with E-state index in [4.69, 9.17) is 27.2 Å². The molecule has 0 amide bonds. The highest BCUT2D eigenvalue weighted by molar-refractivity contribution is 7.99. The molecule has 88 valence electrons. The molecule has 1 aromatic heterocycles. The number of oxazole rings is 1. The number of hydrogen-bond acceptors (Lipinski definition) is 4. The molecule has 1 heterocycles. The van der Waals surface area contributed by atoms with E-state index in [2.05, 4.69) is 4.98 Å². The Hall–Kier alpha value is -1.46. The molecule has 2 aromatic rings. The number of nitrogens with one attached hydrogen (secondary N) is 1. The van der Waals surface area contributed by atoms with Crippen LogP contribution < -0.4 is 5.73 Å². The van der Waals surface area contributed by atoms with Crippen LogP contribution in [0.4, 0.5) is 0 Å². The minimum absolute atomic E-state index is 0.00700. The van der Waals surface area contributed by atoms with Gasteiger partial charge >= 0.3 is 0 Å². The minimum atomic E-state index is -0.00700. The Morgan fingerprint density at radius 2 is 2.29 bits per heavy atom. The first-order valence-electron chi connectivity index (χ1n) is 4.80. The van der Waals surface area contributed by atoms with E-state index in [1.165, 1.54) is 11.8 Å². The summed E-state index contributed by atoms with van der Waals surface area (Å²) in [4.78, 5) is 4.93. The van der Waals surface area contributed by atoms with E-state index in [0.29, 0.717) is 15.8 Å². The third-order valence-electron chi connectivity index (χ3n) is 2.03. The molecule has 0 bridgehead atoms. The zero-order valence-corrected chi connectivity index (χ0v) is 10.6. The van der Waals surface area contributed by atoms with Crippen LogP contribution in [-0.4, -0.2) is 10.8 Å². The van der Waals surface area contributed by atoms with Gasteiger partial charge in [-0.15, -0.1) is 0 Å². The van der Waals surface area contributed by atoms with Crippen LogP contribution in [0.5, 0.6) is 0 Å². The number of nitrogens with zero attached hydrogens (tertiary/aromatic N) is 1. The highest BCUT2D eigenvalue weighted by Crippen LogP contribution is 2.31. The Morgan fingerprint density at radius 3 is 2.88 bits per heavy atom. The second-order valence-electron chi connectivity index (χ2n) is 3.41. The molecule has 0 radical (unpaired) electrons. The van der Waals surface area contributed by atoms with E-state index in [0.717, 1.165) is 10.6 Å². The van der Waals surface area contributed by atoms with Crippen LogP contribution in [0.3, 0.4) is 0 Å². The Balaban J connectivity index is 2.37. The van der Waals surface area contributed by atoms with Crippen LogP contribution in [-0.2, 0) is 0 Å². The lowest BCUT2D eigenvalue weighted by atomic mass is 10.2. The summed E-state index contributed by atoms with van der Waals surface area (Å²) >= 11 is 7.21. The molecule has 17 heavy (non-hydrogen) atoms. The lowest BCUT2D eigenvalue weighted by Gasteiger charge is -2.05. The summed E-state index contributed by atoms with van der Waals surface area (Å²) in [6.45, 7) is 1.84. The van der Waals surface area contributed by atoms with Gasteiger partial charge in [0.1, 0.15) is 12.1 Å². The predicted octanol–water partition coefficient (Wildman–Crippen LogP) is 3.07. The Kier molecular flexibility index (Phi) is 3.40. The number of halogens is 1. The van der Waals surface area contributed by atoms with Gasteiger partial charge in [-0.25, -0.2) is 4.98 Å². The van der Waals surface area contributed by atoms with Crippen molar-refractivity contribution >= 4 is 29.2 Å². The molecule has 0 atom stereocenters. The number of amidine groups is 1. The van der Waals surface area contributed by atoms with Crippen molar-refractivity contribution in [3.63, 3.8) is 0 Å². The van der Waals surface area contributed by atoms with Crippen LogP contribution in [0.1, 0.15) is 11.3 Å². The summed E-state index contributed by atoms with van der Waals surface area (Å²) < 4.78 is 5.24. The van der Waals surface area contributed by atoms with Crippen LogP contribution in [0.25, 0.3) is 0 Å². The number of aromatic nitrogens is 1. The monoisotopic (exact) mass is 267 g/mol. The van der Waals surface area contributed by atoms with Gasteiger partial charge in [0, 0.05) is 15.5 Å². The molecular weight excluding hydrogens is 258 g/mol. The molecular formula is C11H10ClN3OS. The zero-order chi connectivity index (χ0) is 12.4. The Labute approximate surface area is 108 Å². The quantitative estimate of drug-likeness (QED) is 0.662. The van der Waals surface area contributed by atoms with Gasteiger partial charge in [-0.05, 0) is 36.9 Å². The number of rotatable bonds is 3. The van der Waals surface area contributed by atoms with Crippen molar-refractivity contribution < 1.29 is 4.42 Å². The normalized spacial score (nSPS) is 10.5. The maximum absolute atomic E-state index is 7.49. The zero-order valence-electron chi connectivity index (χ0n) is 9.03. The molecule has 0 saturated carbocycles. The highest BCUT2D eigenvalue weighted by Gasteiger charge is 2.11. The first-order valence-corrected chi connectivity index (χ1v) is 5.99. The molecule has 3 N–H and O–H groups in total. The molecule has 0 aliphatic heterocycles. The first kappa shape index (κ1) is 12.0. The van der Waals surface area contributed by atoms with Crippen molar-refractivity contribution in [2.24, 2.45) is 5.73 Å². The maximum atomic E-state index is 7.49. The van der Waals surface area contributed by atoms with E-state index in [1.54, 1.807) is 24.5 Å². The van der Waals surface area contributed by atoms with Gasteiger partial charge < -0.3 is 10.2 Å². The molecule has 0 aliphatic carbocycles. The van der Waals surface area contributed by atoms with Crippen molar-refractivity contribution in [2.45, 2.75) is 17.0 Å². The number of nitrogen functional groups attached to an aromatic ring is 1. The SMILES string of the molecule is Cc1coc(Sc2cc(Cl)ccc2C(=N)N)n1. The van der Waals surface area contributed by atoms with Gasteiger partial charge in [0.15, 0.2) is 0 Å². The number of benzene rings is 1. The lowest BCUT2D eigenvalue weighted by molar-refractivity contribution is 0.454. The minimum Gasteiger partial charge on any atom is -0.439 e. The van der Waals surface area contributed by atoms with Gasteiger partial charge in [-0.3, -0.25) is 5.41 Å². The van der Waals surface area contributed by atoms with Crippen molar-refractivity contribution in [3.8, 4) is 0 Å². The summed E-state index contributed by atoms with van der Waals surface area (Å²) in [6, 6.07) is 5.15. The fourth-order valence-electron chi connectivity index (χ4n) is 1.28. The van der Waals surface area contributed by atoms with Gasteiger partial charge in [0.2, 0.25) is 0 Å². The molecule has 2 rings (SSSR count). The van der Waals surface area contributed by atoms with Crippen molar-refractivity contribution in [2.75, 3.05) is 0 Å². The van der Waals surface area contributed by atoms with E-state index in [1.807, 2.05) is 6.92 Å². The van der Waals surface area contributed by atoms with E-state index >= 15 is 0 Å². The van der Waals surface area contributed by atoms with Gasteiger partial charge in [0.05, 0.1) is 5.69 Å². The number of aryl methyl sites for hydroxylation is 1. The van der Waals surface area contributed by atoms with E-state index in [-0.39, 0.29) is 5.84 Å². The summed E-state index contributed by atoms with van der Waals surface area (Å²) in [5, 5.41) is 8.58. The topological polar surface area (TPSA) is 75.9 Å². The fraction of sp³-hybridized carbons (Fsp3) is 0.0909. The Morgan fingerprint density at radius 1 is 1.53 bits per heavy atom. The molecule has 0 fully saturated rings. The highest BCUT2D eigenvalue weighted by atomic mass is 35.5. The summed E-state index contributed by atoms with van der Waals surface area (Å²) in [6.07, 6.45) is 1.57. The fourth-order valence-corrected chi connectivity index (χ4v) is 2.46. The summed E-state index contributed by atoms with van der Waals surface area (Å²) in [7, 11) is 0. The maximum Gasteiger partial charge on any atom is 0.260 e. The van der Waals surface area contributed by atoms with Crippen LogP contribution >= 0.6 is 23.4 Å². The third kappa shape index (κ3) is 2.81. The largest absolute Gasteiger partial charge is 0.439 e. The summed E-state index contributed by atoms with van der Waals surface area (Å²) in [5.41, 5.74) is 6.92. The first-order chi connectivity index (χ1) is 8.06. The molecule has 4 nitrogen and oxygen atoms in total. The molecule has 0 unspecified atom stereocenters. The van der Waals surface area contributed by atoms with E-state index < -0.39 is 0 Å². The Bertz CT molecular complexity index is 568. The van der Waals surface area contributed by atoms with Gasteiger partial charge in [0.25, 0.3) is 5.22 Å².